The third-order valence-corrected chi connectivity index (χ3v) is 4.67. The molecule has 1 N–H and O–H groups in total. The zero-order chi connectivity index (χ0) is 17.9. The van der Waals surface area contributed by atoms with Gasteiger partial charge in [-0.1, -0.05) is 6.07 Å². The van der Waals surface area contributed by atoms with Gasteiger partial charge in [-0.2, -0.15) is 4.98 Å². The van der Waals surface area contributed by atoms with Crippen LogP contribution in [-0.4, -0.2) is 57.0 Å². The SMILES string of the molecule is CCNc1nc(C)cc(N2CCN(Cc3cn4ccccc4n3)CC2)n1. The van der Waals surface area contributed by atoms with Crippen LogP contribution in [0.1, 0.15) is 18.3 Å². The number of rotatable bonds is 5. The normalized spacial score (nSPS) is 15.5. The fraction of sp³-hybridized carbons (Fsp3) is 0.421. The maximum absolute atomic E-state index is 4.71. The van der Waals surface area contributed by atoms with Gasteiger partial charge in [-0.3, -0.25) is 4.90 Å². The summed E-state index contributed by atoms with van der Waals surface area (Å²) in [6.45, 7) is 9.75. The van der Waals surface area contributed by atoms with E-state index in [-0.39, 0.29) is 0 Å². The number of anilines is 2. The molecule has 0 atom stereocenters. The number of hydrogen-bond donors (Lipinski definition) is 1. The molecule has 1 saturated heterocycles. The molecule has 0 radical (unpaired) electrons. The van der Waals surface area contributed by atoms with Crippen LogP contribution in [0.5, 0.6) is 0 Å². The molecule has 3 aromatic rings. The van der Waals surface area contributed by atoms with Gasteiger partial charge >= 0.3 is 0 Å². The minimum atomic E-state index is 0.717. The van der Waals surface area contributed by atoms with E-state index in [0.29, 0.717) is 0 Å². The largest absolute Gasteiger partial charge is 0.354 e. The Hall–Kier alpha value is -2.67. The molecule has 0 amide bonds. The van der Waals surface area contributed by atoms with Gasteiger partial charge in [0.25, 0.3) is 0 Å². The van der Waals surface area contributed by atoms with Crippen molar-refractivity contribution in [3.63, 3.8) is 0 Å². The van der Waals surface area contributed by atoms with Gasteiger partial charge in [0.2, 0.25) is 5.95 Å². The Labute approximate surface area is 153 Å². The van der Waals surface area contributed by atoms with Gasteiger partial charge in [0.15, 0.2) is 0 Å². The molecule has 0 aromatic carbocycles. The maximum atomic E-state index is 4.71. The lowest BCUT2D eigenvalue weighted by Gasteiger charge is -2.35. The van der Waals surface area contributed by atoms with E-state index in [9.17, 15) is 0 Å². The van der Waals surface area contributed by atoms with Gasteiger partial charge in [-0.15, -0.1) is 0 Å². The third-order valence-electron chi connectivity index (χ3n) is 4.67. The summed E-state index contributed by atoms with van der Waals surface area (Å²) in [5, 5.41) is 3.21. The van der Waals surface area contributed by atoms with Crippen molar-refractivity contribution >= 4 is 17.4 Å². The Morgan fingerprint density at radius 3 is 2.69 bits per heavy atom. The fourth-order valence-corrected chi connectivity index (χ4v) is 3.38. The molecule has 0 spiro atoms. The predicted molar refractivity (Wildman–Crippen MR) is 104 cm³/mol. The highest BCUT2D eigenvalue weighted by Crippen LogP contribution is 2.18. The van der Waals surface area contributed by atoms with Crippen molar-refractivity contribution in [3.8, 4) is 0 Å². The van der Waals surface area contributed by atoms with Crippen molar-refractivity contribution in [1.82, 2.24) is 24.3 Å². The molecule has 7 nitrogen and oxygen atoms in total. The monoisotopic (exact) mass is 351 g/mol. The fourth-order valence-electron chi connectivity index (χ4n) is 3.38. The summed E-state index contributed by atoms with van der Waals surface area (Å²) in [5.41, 5.74) is 3.13. The highest BCUT2D eigenvalue weighted by molar-refractivity contribution is 5.45. The van der Waals surface area contributed by atoms with Crippen LogP contribution in [0.3, 0.4) is 0 Å². The van der Waals surface area contributed by atoms with E-state index in [1.165, 1.54) is 0 Å². The Morgan fingerprint density at radius 1 is 1.08 bits per heavy atom. The van der Waals surface area contributed by atoms with Crippen molar-refractivity contribution < 1.29 is 0 Å². The first-order chi connectivity index (χ1) is 12.7. The van der Waals surface area contributed by atoms with E-state index in [2.05, 4.69) is 48.7 Å². The topological polar surface area (TPSA) is 61.6 Å². The van der Waals surface area contributed by atoms with Crippen molar-refractivity contribution in [2.24, 2.45) is 0 Å². The molecule has 4 heterocycles. The summed E-state index contributed by atoms with van der Waals surface area (Å²) in [6, 6.07) is 8.16. The molecule has 1 aliphatic heterocycles. The molecule has 1 aliphatic rings. The van der Waals surface area contributed by atoms with Gasteiger partial charge in [0.1, 0.15) is 11.5 Å². The summed E-state index contributed by atoms with van der Waals surface area (Å²) in [7, 11) is 0. The van der Waals surface area contributed by atoms with Gasteiger partial charge in [-0.25, -0.2) is 9.97 Å². The summed E-state index contributed by atoms with van der Waals surface area (Å²) >= 11 is 0. The number of piperazine rings is 1. The molecular weight excluding hydrogens is 326 g/mol. The van der Waals surface area contributed by atoms with E-state index in [4.69, 9.17) is 4.98 Å². The van der Waals surface area contributed by atoms with Crippen molar-refractivity contribution in [1.29, 1.82) is 0 Å². The first-order valence-electron chi connectivity index (χ1n) is 9.21. The number of nitrogens with one attached hydrogen (secondary N) is 1. The molecule has 7 heteroatoms. The van der Waals surface area contributed by atoms with Crippen LogP contribution in [-0.2, 0) is 6.54 Å². The molecule has 0 bridgehead atoms. The highest BCUT2D eigenvalue weighted by Gasteiger charge is 2.19. The van der Waals surface area contributed by atoms with Gasteiger partial charge < -0.3 is 14.6 Å². The lowest BCUT2D eigenvalue weighted by atomic mass is 10.3. The Bertz CT molecular complexity index is 847. The second-order valence-electron chi connectivity index (χ2n) is 6.68. The minimum absolute atomic E-state index is 0.717. The average molecular weight is 351 g/mol. The molecule has 136 valence electrons. The van der Waals surface area contributed by atoms with Crippen LogP contribution in [0.15, 0.2) is 36.7 Å². The summed E-state index contributed by atoms with van der Waals surface area (Å²) < 4.78 is 2.08. The lowest BCUT2D eigenvalue weighted by Crippen LogP contribution is -2.46. The molecule has 0 aliphatic carbocycles. The Kier molecular flexibility index (Phi) is 4.71. The number of fused-ring (bicyclic) bond motifs is 1. The average Bonchev–Trinajstić information content (AvgIpc) is 3.04. The molecule has 3 aromatic heterocycles. The van der Waals surface area contributed by atoms with Crippen molar-refractivity contribution in [2.75, 3.05) is 42.9 Å². The highest BCUT2D eigenvalue weighted by atomic mass is 15.3. The number of aromatic nitrogens is 4. The predicted octanol–water partition coefficient (Wildman–Crippen LogP) is 2.19. The van der Waals surface area contributed by atoms with Crippen molar-refractivity contribution in [2.45, 2.75) is 20.4 Å². The van der Waals surface area contributed by atoms with E-state index >= 15 is 0 Å². The number of hydrogen-bond acceptors (Lipinski definition) is 6. The van der Waals surface area contributed by atoms with Crippen LogP contribution < -0.4 is 10.2 Å². The molecular formula is C19H25N7. The third kappa shape index (κ3) is 3.62. The van der Waals surface area contributed by atoms with Crippen molar-refractivity contribution in [3.05, 3.63) is 48.0 Å². The van der Waals surface area contributed by atoms with Crippen LogP contribution in [0, 0.1) is 6.92 Å². The Balaban J connectivity index is 1.39. The summed E-state index contributed by atoms with van der Waals surface area (Å²) in [6.07, 6.45) is 4.17. The van der Waals surface area contributed by atoms with E-state index in [1.807, 2.05) is 31.3 Å². The molecule has 1 fully saturated rings. The van der Waals surface area contributed by atoms with Crippen LogP contribution in [0.4, 0.5) is 11.8 Å². The number of imidazole rings is 1. The van der Waals surface area contributed by atoms with Gasteiger partial charge in [0.05, 0.1) is 5.69 Å². The zero-order valence-electron chi connectivity index (χ0n) is 15.4. The molecule has 26 heavy (non-hydrogen) atoms. The Morgan fingerprint density at radius 2 is 1.92 bits per heavy atom. The maximum Gasteiger partial charge on any atom is 0.224 e. The second-order valence-corrected chi connectivity index (χ2v) is 6.68. The van der Waals surface area contributed by atoms with E-state index in [0.717, 1.165) is 68.1 Å². The quantitative estimate of drug-likeness (QED) is 0.760. The van der Waals surface area contributed by atoms with E-state index in [1.54, 1.807) is 0 Å². The lowest BCUT2D eigenvalue weighted by molar-refractivity contribution is 0.247. The first kappa shape index (κ1) is 16.8. The van der Waals surface area contributed by atoms with Crippen LogP contribution in [0.2, 0.25) is 0 Å². The molecule has 0 unspecified atom stereocenters. The number of aryl methyl sites for hydroxylation is 1. The van der Waals surface area contributed by atoms with E-state index < -0.39 is 0 Å². The summed E-state index contributed by atoms with van der Waals surface area (Å²) in [4.78, 5) is 18.6. The molecule has 0 saturated carbocycles. The number of nitrogens with zero attached hydrogens (tertiary/aromatic N) is 6. The van der Waals surface area contributed by atoms with Crippen LogP contribution >= 0.6 is 0 Å². The van der Waals surface area contributed by atoms with Gasteiger partial charge in [-0.05, 0) is 26.0 Å². The number of pyridine rings is 1. The zero-order valence-corrected chi connectivity index (χ0v) is 15.4. The smallest absolute Gasteiger partial charge is 0.224 e. The molecule has 4 rings (SSSR count). The first-order valence-corrected chi connectivity index (χ1v) is 9.21. The van der Waals surface area contributed by atoms with Gasteiger partial charge in [0, 0.05) is 63.4 Å². The standard InChI is InChI=1S/C19H25N7/c1-3-20-19-21-15(2)12-18(23-19)25-10-8-24(9-11-25)13-16-14-26-7-5-4-6-17(26)22-16/h4-7,12,14H,3,8-11,13H2,1-2H3,(H,20,21,23). The van der Waals surface area contributed by atoms with Crippen LogP contribution in [0.25, 0.3) is 5.65 Å². The summed E-state index contributed by atoms with van der Waals surface area (Å²) in [5.74, 6) is 1.73. The second kappa shape index (κ2) is 7.29. The minimum Gasteiger partial charge on any atom is -0.354 e.